The normalized spacial score (nSPS) is 20.9. The van der Waals surface area contributed by atoms with Gasteiger partial charge in [-0.05, 0) is 117 Å². The van der Waals surface area contributed by atoms with Crippen molar-refractivity contribution in [2.24, 2.45) is 16.6 Å². The van der Waals surface area contributed by atoms with Crippen LogP contribution in [-0.4, -0.2) is 41.6 Å². The first-order valence-corrected chi connectivity index (χ1v) is 21.0. The van der Waals surface area contributed by atoms with Gasteiger partial charge in [-0.1, -0.05) is 94.2 Å². The highest BCUT2D eigenvalue weighted by Crippen LogP contribution is 2.46. The molecule has 0 saturated carbocycles. The van der Waals surface area contributed by atoms with Gasteiger partial charge in [0.1, 0.15) is 22.8 Å². The van der Waals surface area contributed by atoms with Crippen molar-refractivity contribution in [3.05, 3.63) is 140 Å². The van der Waals surface area contributed by atoms with Gasteiger partial charge in [0.05, 0.1) is 23.6 Å². The number of hydrogen-bond donors (Lipinski definition) is 1. The number of carbonyl (C=O) groups excluding carboxylic acids is 2. The monoisotopic (exact) mass is 920 g/mol. The molecule has 2 heterocycles. The van der Waals surface area contributed by atoms with E-state index < -0.39 is 22.7 Å². The number of nitriles is 1. The van der Waals surface area contributed by atoms with E-state index in [1.807, 2.05) is 76.2 Å². The first-order chi connectivity index (χ1) is 27.3. The van der Waals surface area contributed by atoms with Crippen LogP contribution in [0.2, 0.25) is 0 Å². The molecule has 4 atom stereocenters. The second-order valence-corrected chi connectivity index (χ2v) is 18.6. The average Bonchev–Trinajstić information content (AvgIpc) is 3.18. The van der Waals surface area contributed by atoms with Gasteiger partial charge >= 0.3 is 12.2 Å². The van der Waals surface area contributed by atoms with Crippen LogP contribution in [0, 0.1) is 33.8 Å². The van der Waals surface area contributed by atoms with Gasteiger partial charge in [-0.3, -0.25) is 0 Å². The third kappa shape index (κ3) is 10.6. The Hall–Kier alpha value is -4.31. The van der Waals surface area contributed by atoms with E-state index in [9.17, 15) is 23.6 Å². The van der Waals surface area contributed by atoms with Crippen molar-refractivity contribution in [1.82, 2.24) is 9.80 Å². The number of nitrogens with two attached hydrogens (primary N) is 1. The zero-order valence-corrected chi connectivity index (χ0v) is 37.1. The van der Waals surface area contributed by atoms with E-state index >= 15 is 0 Å². The summed E-state index contributed by atoms with van der Waals surface area (Å²) in [6.45, 7) is 13.2. The maximum Gasteiger partial charge on any atom is 0.411 e. The quantitative estimate of drug-likeness (QED) is 0.160. The Morgan fingerprint density at radius 3 is 1.38 bits per heavy atom. The summed E-state index contributed by atoms with van der Waals surface area (Å²) in [6, 6.07) is 30.1. The Bertz CT molecular complexity index is 2080. The highest BCUT2D eigenvalue weighted by Gasteiger charge is 2.48. The minimum atomic E-state index is -0.958. The SMILES string of the molecule is C[C@@H](c1ccc(Br)cc1)N1CC[C@](CC(C)(C)C#N)(c2ccc(F)cc2)OC1=O.C[C@@H](c1ccc(Br)cc1)N1CC[C@](CC(C)(C)CN)(c2ccc(F)cc2)OC1=O. The summed E-state index contributed by atoms with van der Waals surface area (Å²) in [5.41, 5.74) is 6.84. The van der Waals surface area contributed by atoms with Crippen molar-refractivity contribution >= 4 is 44.0 Å². The molecule has 0 radical (unpaired) electrons. The van der Waals surface area contributed by atoms with Gasteiger partial charge < -0.3 is 25.0 Å². The summed E-state index contributed by atoms with van der Waals surface area (Å²) >= 11 is 6.87. The van der Waals surface area contributed by atoms with Crippen molar-refractivity contribution in [3.63, 3.8) is 0 Å². The summed E-state index contributed by atoms with van der Waals surface area (Å²) in [5.74, 6) is -0.661. The first-order valence-electron chi connectivity index (χ1n) is 19.5. The Morgan fingerprint density at radius 1 is 0.690 bits per heavy atom. The zero-order chi connectivity index (χ0) is 42.5. The largest absolute Gasteiger partial charge is 0.438 e. The Labute approximate surface area is 357 Å². The van der Waals surface area contributed by atoms with Gasteiger partial charge in [-0.15, -0.1) is 0 Å². The van der Waals surface area contributed by atoms with E-state index in [4.69, 9.17) is 15.2 Å². The van der Waals surface area contributed by atoms with Crippen molar-refractivity contribution < 1.29 is 27.8 Å². The molecule has 0 bridgehead atoms. The standard InChI is InChI=1S/C23H28BrFN2O2.C23H24BrFN2O2/c2*1-16(17-4-8-19(24)9-5-17)27-13-12-23(29-21(27)28,14-22(2,3)15-26)18-6-10-20(25)11-7-18/h4-11,16H,12-15,26H2,1-3H3;4-11,16H,12-14H2,1-3H3/t2*16-,23-/m00/s1. The predicted octanol–water partition coefficient (Wildman–Crippen LogP) is 12.1. The molecule has 2 fully saturated rings. The first kappa shape index (κ1) is 44.8. The predicted molar refractivity (Wildman–Crippen MR) is 228 cm³/mol. The number of amides is 2. The molecule has 4 aromatic carbocycles. The lowest BCUT2D eigenvalue weighted by atomic mass is 9.74. The summed E-state index contributed by atoms with van der Waals surface area (Å²) in [6.07, 6.45) is 1.28. The van der Waals surface area contributed by atoms with E-state index in [0.29, 0.717) is 50.9 Å². The van der Waals surface area contributed by atoms with Gasteiger partial charge in [0, 0.05) is 41.3 Å². The van der Waals surface area contributed by atoms with Gasteiger partial charge in [-0.25, -0.2) is 18.4 Å². The van der Waals surface area contributed by atoms with Crippen LogP contribution < -0.4 is 5.73 Å². The molecule has 2 aliphatic heterocycles. The minimum Gasteiger partial charge on any atom is -0.438 e. The fraction of sp³-hybridized carbons (Fsp3) is 0.413. The third-order valence-corrected chi connectivity index (χ3v) is 12.3. The maximum atomic E-state index is 13.5. The average molecular weight is 923 g/mol. The molecular weight excluding hydrogens is 870 g/mol. The molecule has 8 nitrogen and oxygen atoms in total. The molecule has 12 heteroatoms. The van der Waals surface area contributed by atoms with Gasteiger partial charge in [-0.2, -0.15) is 5.26 Å². The number of cyclic esters (lactones) is 2. The molecular formula is C46H52Br2F2N4O4. The molecule has 308 valence electrons. The van der Waals surface area contributed by atoms with E-state index in [1.54, 1.807) is 34.1 Å². The number of halogens is 4. The highest BCUT2D eigenvalue weighted by atomic mass is 79.9. The molecule has 0 unspecified atom stereocenters. The van der Waals surface area contributed by atoms with E-state index in [-0.39, 0.29) is 35.2 Å². The number of nitrogens with zero attached hydrogens (tertiary/aromatic N) is 3. The Balaban J connectivity index is 0.000000221. The summed E-state index contributed by atoms with van der Waals surface area (Å²) in [4.78, 5) is 29.6. The second-order valence-electron chi connectivity index (χ2n) is 16.8. The van der Waals surface area contributed by atoms with Crippen LogP contribution in [0.1, 0.15) is 102 Å². The third-order valence-electron chi connectivity index (χ3n) is 11.3. The molecule has 6 rings (SSSR count). The van der Waals surface area contributed by atoms with Crippen molar-refractivity contribution in [1.29, 1.82) is 5.26 Å². The molecule has 2 aliphatic rings. The van der Waals surface area contributed by atoms with E-state index in [1.165, 1.54) is 24.3 Å². The van der Waals surface area contributed by atoms with E-state index in [2.05, 4.69) is 51.8 Å². The molecule has 0 aliphatic carbocycles. The zero-order valence-electron chi connectivity index (χ0n) is 33.9. The molecule has 0 aromatic heterocycles. The van der Waals surface area contributed by atoms with Crippen molar-refractivity contribution in [3.8, 4) is 6.07 Å². The van der Waals surface area contributed by atoms with E-state index in [0.717, 1.165) is 25.6 Å². The fourth-order valence-electron chi connectivity index (χ4n) is 7.85. The van der Waals surface area contributed by atoms with Gasteiger partial charge in [0.2, 0.25) is 0 Å². The van der Waals surface area contributed by atoms with Crippen LogP contribution in [0.4, 0.5) is 18.4 Å². The summed E-state index contributed by atoms with van der Waals surface area (Å²) in [5, 5.41) is 9.54. The maximum absolute atomic E-state index is 13.5. The van der Waals surface area contributed by atoms with Crippen LogP contribution in [0.3, 0.4) is 0 Å². The van der Waals surface area contributed by atoms with Crippen molar-refractivity contribution in [2.75, 3.05) is 19.6 Å². The van der Waals surface area contributed by atoms with Gasteiger partial charge in [0.25, 0.3) is 0 Å². The highest BCUT2D eigenvalue weighted by molar-refractivity contribution is 9.10. The number of rotatable bonds is 11. The Kier molecular flexibility index (Phi) is 14.1. The molecule has 2 N–H and O–H groups in total. The van der Waals surface area contributed by atoms with Crippen LogP contribution in [-0.2, 0) is 20.7 Å². The summed E-state index contributed by atoms with van der Waals surface area (Å²) < 4.78 is 41.1. The molecule has 58 heavy (non-hydrogen) atoms. The van der Waals surface area contributed by atoms with Crippen molar-refractivity contribution in [2.45, 2.75) is 90.5 Å². The number of benzene rings is 4. The molecule has 2 amide bonds. The van der Waals surface area contributed by atoms with Crippen LogP contribution in [0.5, 0.6) is 0 Å². The lowest BCUT2D eigenvalue weighted by Crippen LogP contribution is -2.50. The smallest absolute Gasteiger partial charge is 0.411 e. The van der Waals surface area contributed by atoms with Crippen LogP contribution in [0.15, 0.2) is 106 Å². The number of carbonyl (C=O) groups is 2. The molecule has 2 saturated heterocycles. The Morgan fingerprint density at radius 2 is 1.05 bits per heavy atom. The lowest BCUT2D eigenvalue weighted by Gasteiger charge is -2.46. The summed E-state index contributed by atoms with van der Waals surface area (Å²) in [7, 11) is 0. The lowest BCUT2D eigenvalue weighted by molar-refractivity contribution is -0.0816. The molecule has 4 aromatic rings. The van der Waals surface area contributed by atoms with Gasteiger partial charge in [0.15, 0.2) is 0 Å². The number of ether oxygens (including phenoxy) is 2. The molecule has 0 spiro atoms. The van der Waals surface area contributed by atoms with Crippen LogP contribution >= 0.6 is 31.9 Å². The topological polar surface area (TPSA) is 109 Å². The fourth-order valence-corrected chi connectivity index (χ4v) is 8.38. The number of hydrogen-bond acceptors (Lipinski definition) is 6. The minimum absolute atomic E-state index is 0.107. The second kappa shape index (κ2) is 18.3. The van der Waals surface area contributed by atoms with Crippen LogP contribution in [0.25, 0.3) is 0 Å².